The summed E-state index contributed by atoms with van der Waals surface area (Å²) in [5, 5.41) is 5.68. The van der Waals surface area contributed by atoms with E-state index < -0.39 is 5.41 Å². The second kappa shape index (κ2) is 6.34. The minimum absolute atomic E-state index is 0.0639. The summed E-state index contributed by atoms with van der Waals surface area (Å²) in [7, 11) is 0. The number of amides is 2. The maximum atomic E-state index is 12.5. The fraction of sp³-hybridized carbons (Fsp3) is 0.579. The second-order valence-corrected chi connectivity index (χ2v) is 8.61. The Labute approximate surface area is 140 Å². The molecule has 1 rings (SSSR count). The zero-order valence-electron chi connectivity index (χ0n) is 15.6. The minimum Gasteiger partial charge on any atom is -0.351 e. The molecule has 0 aromatic heterocycles. The van der Waals surface area contributed by atoms with Gasteiger partial charge in [0, 0.05) is 11.2 Å². The lowest BCUT2D eigenvalue weighted by atomic mass is 9.87. The van der Waals surface area contributed by atoms with Crippen molar-refractivity contribution >= 4 is 17.5 Å². The Bertz CT molecular complexity index is 573. The summed E-state index contributed by atoms with van der Waals surface area (Å²) in [6.07, 6.45) is 0. The quantitative estimate of drug-likeness (QED) is 0.831. The molecule has 0 heterocycles. The van der Waals surface area contributed by atoms with Crippen LogP contribution in [0.4, 0.5) is 5.69 Å². The van der Waals surface area contributed by atoms with E-state index in [1.54, 1.807) is 13.8 Å². The summed E-state index contributed by atoms with van der Waals surface area (Å²) in [4.78, 5) is 24.8. The minimum atomic E-state index is -1.14. The molecular formula is C19H30N2O2. The van der Waals surface area contributed by atoms with Gasteiger partial charge in [0.1, 0.15) is 5.41 Å². The molecule has 0 aliphatic rings. The number of carbonyl (C=O) groups excluding carboxylic acids is 2. The molecule has 0 aliphatic carbocycles. The first kappa shape index (κ1) is 19.2. The molecule has 0 saturated carbocycles. The van der Waals surface area contributed by atoms with Crippen LogP contribution in [0.2, 0.25) is 0 Å². The van der Waals surface area contributed by atoms with Crippen LogP contribution < -0.4 is 10.6 Å². The van der Waals surface area contributed by atoms with Crippen molar-refractivity contribution in [1.82, 2.24) is 5.32 Å². The molecule has 1 aromatic rings. The zero-order valence-corrected chi connectivity index (χ0v) is 15.6. The molecule has 4 heteroatoms. The fourth-order valence-corrected chi connectivity index (χ4v) is 1.94. The van der Waals surface area contributed by atoms with Crippen LogP contribution in [-0.4, -0.2) is 17.4 Å². The summed E-state index contributed by atoms with van der Waals surface area (Å²) in [5.74, 6) is -0.600. The molecule has 0 atom stereocenters. The SMILES string of the molecule is CC(C)(C)NC(=O)C(C)(C)C(=O)Nc1ccc(C(C)(C)C)cc1. The van der Waals surface area contributed by atoms with Gasteiger partial charge in [0.25, 0.3) is 0 Å². The molecule has 2 amide bonds. The monoisotopic (exact) mass is 318 g/mol. The topological polar surface area (TPSA) is 58.2 Å². The summed E-state index contributed by atoms with van der Waals surface area (Å²) >= 11 is 0. The van der Waals surface area contributed by atoms with Crippen LogP contribution in [0.25, 0.3) is 0 Å². The van der Waals surface area contributed by atoms with Crippen molar-refractivity contribution in [3.8, 4) is 0 Å². The van der Waals surface area contributed by atoms with Gasteiger partial charge in [-0.2, -0.15) is 0 Å². The van der Waals surface area contributed by atoms with Gasteiger partial charge in [-0.1, -0.05) is 32.9 Å². The van der Waals surface area contributed by atoms with Crippen LogP contribution in [0.1, 0.15) is 61.0 Å². The van der Waals surface area contributed by atoms with Crippen LogP contribution in [-0.2, 0) is 15.0 Å². The van der Waals surface area contributed by atoms with Crippen molar-refractivity contribution in [3.63, 3.8) is 0 Å². The Morgan fingerprint density at radius 3 is 1.65 bits per heavy atom. The van der Waals surface area contributed by atoms with Gasteiger partial charge in [-0.15, -0.1) is 0 Å². The zero-order chi connectivity index (χ0) is 18.1. The van der Waals surface area contributed by atoms with E-state index in [4.69, 9.17) is 0 Å². The van der Waals surface area contributed by atoms with Gasteiger partial charge in [0.2, 0.25) is 11.8 Å². The summed E-state index contributed by atoms with van der Waals surface area (Å²) in [6, 6.07) is 7.74. The Balaban J connectivity index is 2.84. The maximum absolute atomic E-state index is 12.5. The predicted octanol–water partition coefficient (Wildman–Crippen LogP) is 3.86. The van der Waals surface area contributed by atoms with Crippen molar-refractivity contribution in [1.29, 1.82) is 0 Å². The first-order chi connectivity index (χ1) is 10.2. The summed E-state index contributed by atoms with van der Waals surface area (Å²) in [6.45, 7) is 15.4. The highest BCUT2D eigenvalue weighted by Gasteiger charge is 2.37. The molecule has 0 fully saturated rings. The Kier molecular flexibility index (Phi) is 5.30. The first-order valence-electron chi connectivity index (χ1n) is 7.98. The standard InChI is InChI=1S/C19H30N2O2/c1-17(2,3)13-9-11-14(12-10-13)20-15(22)19(7,8)16(23)21-18(4,5)6/h9-12H,1-8H3,(H,20,22)(H,21,23). The van der Waals surface area contributed by atoms with Crippen LogP contribution in [0.3, 0.4) is 0 Å². The highest BCUT2D eigenvalue weighted by molar-refractivity contribution is 6.10. The molecule has 0 unspecified atom stereocenters. The van der Waals surface area contributed by atoms with Gasteiger partial charge in [-0.25, -0.2) is 0 Å². The van der Waals surface area contributed by atoms with Gasteiger partial charge in [0.05, 0.1) is 0 Å². The molecule has 0 radical (unpaired) electrons. The Morgan fingerprint density at radius 2 is 1.26 bits per heavy atom. The van der Waals surface area contributed by atoms with Gasteiger partial charge < -0.3 is 10.6 Å². The van der Waals surface area contributed by atoms with E-state index in [2.05, 4.69) is 31.4 Å². The lowest BCUT2D eigenvalue weighted by molar-refractivity contribution is -0.139. The molecule has 1 aromatic carbocycles. The molecule has 2 N–H and O–H groups in total. The molecular weight excluding hydrogens is 288 g/mol. The maximum Gasteiger partial charge on any atom is 0.239 e. The highest BCUT2D eigenvalue weighted by atomic mass is 16.2. The molecule has 0 aliphatic heterocycles. The van der Waals surface area contributed by atoms with Gasteiger partial charge in [-0.3, -0.25) is 9.59 Å². The van der Waals surface area contributed by atoms with Gasteiger partial charge in [0.15, 0.2) is 0 Å². The van der Waals surface area contributed by atoms with Crippen molar-refractivity contribution in [2.45, 2.75) is 66.3 Å². The van der Waals surface area contributed by atoms with Crippen LogP contribution in [0, 0.1) is 5.41 Å². The number of anilines is 1. The van der Waals surface area contributed by atoms with E-state index in [0.29, 0.717) is 5.69 Å². The summed E-state index contributed by atoms with van der Waals surface area (Å²) < 4.78 is 0. The third-order valence-electron chi connectivity index (χ3n) is 3.63. The molecule has 0 saturated heterocycles. The number of rotatable bonds is 3. The summed E-state index contributed by atoms with van der Waals surface area (Å²) in [5.41, 5.74) is 0.438. The normalized spacial score (nSPS) is 12.7. The molecule has 0 bridgehead atoms. The molecule has 0 spiro atoms. The van der Waals surface area contributed by atoms with Crippen LogP contribution in [0.15, 0.2) is 24.3 Å². The van der Waals surface area contributed by atoms with Crippen molar-refractivity contribution in [3.05, 3.63) is 29.8 Å². The third kappa shape index (κ3) is 5.38. The predicted molar refractivity (Wildman–Crippen MR) is 95.4 cm³/mol. The van der Waals surface area contributed by atoms with Crippen LogP contribution in [0.5, 0.6) is 0 Å². The molecule has 4 nitrogen and oxygen atoms in total. The molecule has 128 valence electrons. The van der Waals surface area contributed by atoms with E-state index in [0.717, 1.165) is 0 Å². The fourth-order valence-electron chi connectivity index (χ4n) is 1.94. The van der Waals surface area contributed by atoms with Crippen molar-refractivity contribution in [2.24, 2.45) is 5.41 Å². The molecule has 23 heavy (non-hydrogen) atoms. The first-order valence-corrected chi connectivity index (χ1v) is 7.98. The average molecular weight is 318 g/mol. The largest absolute Gasteiger partial charge is 0.351 e. The lowest BCUT2D eigenvalue weighted by Gasteiger charge is -2.28. The number of hydrogen-bond acceptors (Lipinski definition) is 2. The average Bonchev–Trinajstić information content (AvgIpc) is 2.36. The van der Waals surface area contributed by atoms with E-state index in [1.165, 1.54) is 5.56 Å². The van der Waals surface area contributed by atoms with E-state index in [9.17, 15) is 9.59 Å². The van der Waals surface area contributed by atoms with E-state index >= 15 is 0 Å². The smallest absolute Gasteiger partial charge is 0.239 e. The van der Waals surface area contributed by atoms with Crippen molar-refractivity contribution in [2.75, 3.05) is 5.32 Å². The number of nitrogens with one attached hydrogen (secondary N) is 2. The number of benzene rings is 1. The Morgan fingerprint density at radius 1 is 0.783 bits per heavy atom. The highest BCUT2D eigenvalue weighted by Crippen LogP contribution is 2.25. The number of carbonyl (C=O) groups is 2. The van der Waals surface area contributed by atoms with E-state index in [-0.39, 0.29) is 22.8 Å². The second-order valence-electron chi connectivity index (χ2n) is 8.61. The van der Waals surface area contributed by atoms with Crippen LogP contribution >= 0.6 is 0 Å². The Hall–Kier alpha value is -1.84. The van der Waals surface area contributed by atoms with E-state index in [1.807, 2.05) is 45.0 Å². The third-order valence-corrected chi connectivity index (χ3v) is 3.63. The van der Waals surface area contributed by atoms with Crippen molar-refractivity contribution < 1.29 is 9.59 Å². The van der Waals surface area contributed by atoms with Gasteiger partial charge in [-0.05, 0) is 57.7 Å². The number of hydrogen-bond donors (Lipinski definition) is 2. The lowest BCUT2D eigenvalue weighted by Crippen LogP contribution is -2.51. The van der Waals surface area contributed by atoms with Gasteiger partial charge >= 0.3 is 0 Å².